The van der Waals surface area contributed by atoms with Gasteiger partial charge in [0.25, 0.3) is 0 Å². The van der Waals surface area contributed by atoms with Gasteiger partial charge in [-0.15, -0.1) is 0 Å². The van der Waals surface area contributed by atoms with Gasteiger partial charge in [-0.2, -0.15) is 0 Å². The minimum Gasteiger partial charge on any atom is -0.494 e. The Bertz CT molecular complexity index is 4110. The van der Waals surface area contributed by atoms with E-state index in [1.807, 2.05) is 50.2 Å². The second-order valence-electron chi connectivity index (χ2n) is 28.6. The van der Waals surface area contributed by atoms with Crippen LogP contribution in [-0.4, -0.2) is 216 Å². The molecular formula is C76H103N17O7. The first-order valence-electron chi connectivity index (χ1n) is 35.6. The number of hydrogen-bond donors (Lipinski definition) is 8. The van der Waals surface area contributed by atoms with E-state index in [1.165, 1.54) is 26.1 Å². The molecule has 24 nitrogen and oxygen atoms in total. The van der Waals surface area contributed by atoms with Crippen LogP contribution in [0.3, 0.4) is 0 Å². The largest absolute Gasteiger partial charge is 0.494 e. The topological polar surface area (TPSA) is 295 Å². The standard InChI is InChI=1S/C76H103N17O7/c1-10-30-91(68(96)19-14-38-99-57-17-12-16-51(40-57)72-82-60-23-20-52(43-63(60)85-72)73-83-61-24-21-55(44-64(61)86-73)89-32-28-79-29-33-89)49-69(97)92(31-11-2)50-70(98)93(48-66(78)94)47-54(77)46-80-26-15-27-81-67(95)18-13-39-100-71-58(75(3,4)5)41-53(42-59(71)76(6,7)8)74-84-62-25-22-56(45-65(62)87-74)90-36-34-88(9)35-37-90/h12,16-17,20-25,40-45,77,79-80H,10-11,13-15,18-19,26-39,46-50H2,1-9H3,(H2,78,94)(H,81,95)(H,82,85)(H,83,86)(H,84,87). The number of nitrogens with two attached hydrogens (primary N) is 1. The molecule has 0 unspecified atom stereocenters. The molecule has 10 rings (SSSR count). The predicted octanol–water partition coefficient (Wildman–Crippen LogP) is 9.00. The van der Waals surface area contributed by atoms with Crippen LogP contribution in [0.1, 0.15) is 111 Å². The summed E-state index contributed by atoms with van der Waals surface area (Å²) in [5, 5.41) is 18.3. The molecule has 2 aliphatic heterocycles. The van der Waals surface area contributed by atoms with Crippen molar-refractivity contribution in [1.29, 1.82) is 5.41 Å². The summed E-state index contributed by atoms with van der Waals surface area (Å²) in [6, 6.07) is 30.9. The second kappa shape index (κ2) is 33.6. The molecule has 0 aliphatic carbocycles. The molecule has 2 aliphatic rings. The number of imidazole rings is 3. The number of carbonyl (C=O) groups is 5. The third-order valence-corrected chi connectivity index (χ3v) is 18.3. The Morgan fingerprint density at radius 1 is 0.570 bits per heavy atom. The maximum Gasteiger partial charge on any atom is 0.243 e. The van der Waals surface area contributed by atoms with Gasteiger partial charge >= 0.3 is 0 Å². The van der Waals surface area contributed by atoms with Gasteiger partial charge in [-0.3, -0.25) is 24.0 Å². The first kappa shape index (κ1) is 73.3. The number of H-pyrrole nitrogens is 3. The van der Waals surface area contributed by atoms with Gasteiger partial charge < -0.3 is 80.9 Å². The Morgan fingerprint density at radius 3 is 1.69 bits per heavy atom. The van der Waals surface area contributed by atoms with Gasteiger partial charge in [0, 0.05) is 136 Å². The molecule has 0 spiro atoms. The number of piperazine rings is 2. The lowest BCUT2D eigenvalue weighted by molar-refractivity contribution is -0.144. The van der Waals surface area contributed by atoms with Crippen LogP contribution in [0.5, 0.6) is 11.5 Å². The fourth-order valence-corrected chi connectivity index (χ4v) is 12.8. The highest BCUT2D eigenvalue weighted by molar-refractivity contribution is 5.94. The van der Waals surface area contributed by atoms with Crippen LogP contribution in [0, 0.1) is 5.41 Å². The van der Waals surface area contributed by atoms with E-state index in [1.54, 1.807) is 0 Å². The Hall–Kier alpha value is -9.39. The van der Waals surface area contributed by atoms with E-state index in [0.717, 1.165) is 131 Å². The maximum atomic E-state index is 13.9. The van der Waals surface area contributed by atoms with Gasteiger partial charge in [-0.05, 0) is 135 Å². The first-order valence-corrected chi connectivity index (χ1v) is 35.6. The number of primary amides is 1. The van der Waals surface area contributed by atoms with Crippen LogP contribution in [0.25, 0.3) is 67.3 Å². The number of anilines is 2. The minimum absolute atomic E-state index is 0.0861. The van der Waals surface area contributed by atoms with Crippen molar-refractivity contribution in [1.82, 2.24) is 65.5 Å². The monoisotopic (exact) mass is 1370 g/mol. The Morgan fingerprint density at radius 2 is 1.10 bits per heavy atom. The van der Waals surface area contributed by atoms with Crippen LogP contribution in [0.2, 0.25) is 0 Å². The molecular weight excluding hydrogens is 1260 g/mol. The number of likely N-dealkylation sites (N-methyl/N-ethyl adjacent to an activating group) is 1. The zero-order valence-electron chi connectivity index (χ0n) is 60.0. The predicted molar refractivity (Wildman–Crippen MR) is 398 cm³/mol. The van der Waals surface area contributed by atoms with Crippen LogP contribution < -0.4 is 41.0 Å². The average Bonchev–Trinajstić information content (AvgIpc) is 1.07. The average molecular weight is 1370 g/mol. The van der Waals surface area contributed by atoms with E-state index in [2.05, 4.69) is 149 Å². The van der Waals surface area contributed by atoms with E-state index in [9.17, 15) is 24.0 Å². The Balaban J connectivity index is 0.634. The number of hydrogen-bond acceptors (Lipinski definition) is 16. The molecule has 0 atom stereocenters. The Labute approximate surface area is 587 Å². The molecule has 0 saturated carbocycles. The Kier molecular flexibility index (Phi) is 24.7. The van der Waals surface area contributed by atoms with Crippen molar-refractivity contribution in [2.24, 2.45) is 5.73 Å². The summed E-state index contributed by atoms with van der Waals surface area (Å²) in [5.74, 6) is 1.75. The molecule has 5 heterocycles. The molecule has 9 N–H and O–H groups in total. The van der Waals surface area contributed by atoms with Gasteiger partial charge in [0.15, 0.2) is 0 Å². The summed E-state index contributed by atoms with van der Waals surface area (Å²) >= 11 is 0. The second-order valence-corrected chi connectivity index (χ2v) is 28.6. The third kappa shape index (κ3) is 19.5. The van der Waals surface area contributed by atoms with Crippen molar-refractivity contribution in [2.45, 2.75) is 111 Å². The SMILES string of the molecule is CCCN(CC(=O)N(CCC)CC(=O)N(CC(=N)CNCCCNC(=O)CCCOc1c(C(C)(C)C)cc(-c2nc3ccc(N4CCN(C)CC4)cc3[nH]2)cc1C(C)(C)C)CC(N)=O)C(=O)CCCOc1cccc(-c2nc3ccc(-c4nc5ccc(N6CCNCC6)cc5[nH]4)cc3[nH]2)c1. The van der Waals surface area contributed by atoms with Crippen LogP contribution in [-0.2, 0) is 34.8 Å². The molecule has 5 amide bonds. The number of rotatable bonds is 33. The van der Waals surface area contributed by atoms with Crippen molar-refractivity contribution in [3.05, 3.63) is 102 Å². The highest BCUT2D eigenvalue weighted by Gasteiger charge is 2.31. The smallest absolute Gasteiger partial charge is 0.243 e. The number of ether oxygens (including phenoxy) is 2. The van der Waals surface area contributed by atoms with Crippen molar-refractivity contribution in [3.63, 3.8) is 0 Å². The number of aromatic amines is 3. The normalized spacial score (nSPS) is 13.8. The van der Waals surface area contributed by atoms with Crippen molar-refractivity contribution >= 4 is 79.7 Å². The number of carbonyl (C=O) groups excluding carboxylic acids is 5. The van der Waals surface area contributed by atoms with Crippen LogP contribution in [0.15, 0.2) is 91.0 Å². The highest BCUT2D eigenvalue weighted by atomic mass is 16.5. The fourth-order valence-electron chi connectivity index (χ4n) is 12.8. The summed E-state index contributed by atoms with van der Waals surface area (Å²) in [6.07, 6.45) is 3.09. The number of aromatic nitrogens is 6. The first-order chi connectivity index (χ1) is 48.0. The molecule has 2 saturated heterocycles. The van der Waals surface area contributed by atoms with Gasteiger partial charge in [-0.25, -0.2) is 15.0 Å². The van der Waals surface area contributed by atoms with Gasteiger partial charge in [0.1, 0.15) is 29.0 Å². The molecule has 100 heavy (non-hydrogen) atoms. The molecule has 24 heteroatoms. The maximum absolute atomic E-state index is 13.9. The number of amides is 5. The van der Waals surface area contributed by atoms with Crippen molar-refractivity contribution < 1.29 is 33.4 Å². The molecule has 2 fully saturated rings. The van der Waals surface area contributed by atoms with Gasteiger partial charge in [0.05, 0.1) is 72.5 Å². The lowest BCUT2D eigenvalue weighted by Gasteiger charge is -2.34. The van der Waals surface area contributed by atoms with Crippen molar-refractivity contribution in [2.75, 3.05) is 141 Å². The summed E-state index contributed by atoms with van der Waals surface area (Å²) in [4.78, 5) is 104. The number of benzene rings is 5. The zero-order chi connectivity index (χ0) is 71.1. The summed E-state index contributed by atoms with van der Waals surface area (Å²) in [6.45, 7) is 25.9. The molecule has 0 bridgehead atoms. The van der Waals surface area contributed by atoms with Crippen molar-refractivity contribution in [3.8, 4) is 45.7 Å². The van der Waals surface area contributed by atoms with E-state index >= 15 is 0 Å². The van der Waals surface area contributed by atoms with Crippen LogP contribution >= 0.6 is 0 Å². The van der Waals surface area contributed by atoms with E-state index in [4.69, 9.17) is 35.6 Å². The summed E-state index contributed by atoms with van der Waals surface area (Å²) in [7, 11) is 2.17. The lowest BCUT2D eigenvalue weighted by Crippen LogP contribution is -2.50. The molecule has 5 aromatic carbocycles. The zero-order valence-corrected chi connectivity index (χ0v) is 60.0. The molecule has 0 radical (unpaired) electrons. The van der Waals surface area contributed by atoms with Gasteiger partial charge in [-0.1, -0.05) is 67.5 Å². The fraction of sp³-hybridized carbons (Fsp3) is 0.487. The number of nitrogens with zero attached hydrogens (tertiary/aromatic N) is 9. The van der Waals surface area contributed by atoms with Gasteiger partial charge in [0.2, 0.25) is 29.5 Å². The van der Waals surface area contributed by atoms with E-state index < -0.39 is 24.3 Å². The van der Waals surface area contributed by atoms with E-state index in [-0.39, 0.29) is 80.5 Å². The minimum atomic E-state index is -0.754. The number of fused-ring (bicyclic) bond motifs is 3. The molecule has 3 aromatic heterocycles. The lowest BCUT2D eigenvalue weighted by atomic mass is 9.78. The van der Waals surface area contributed by atoms with Crippen LogP contribution in [0.4, 0.5) is 11.4 Å². The summed E-state index contributed by atoms with van der Waals surface area (Å²) in [5.41, 5.74) is 18.0. The quantitative estimate of drug-likeness (QED) is 0.0141. The number of nitrogens with one attached hydrogen (secondary N) is 7. The molecule has 534 valence electrons. The summed E-state index contributed by atoms with van der Waals surface area (Å²) < 4.78 is 12.8. The highest BCUT2D eigenvalue weighted by Crippen LogP contribution is 2.43. The third-order valence-electron chi connectivity index (χ3n) is 18.3. The van der Waals surface area contributed by atoms with E-state index in [0.29, 0.717) is 69.9 Å². The molecule has 8 aromatic rings.